The Morgan fingerprint density at radius 1 is 0.974 bits per heavy atom. The zero-order valence-electron chi connectivity index (χ0n) is 23.8. The monoisotopic (exact) mass is 558 g/mol. The van der Waals surface area contributed by atoms with Crippen molar-refractivity contribution in [3.63, 3.8) is 0 Å². The van der Waals surface area contributed by atoms with E-state index in [4.69, 9.17) is 4.99 Å². The summed E-state index contributed by atoms with van der Waals surface area (Å²) in [7, 11) is -3.46. The minimum Gasteiger partial charge on any atom is -0.339 e. The summed E-state index contributed by atoms with van der Waals surface area (Å²) in [6, 6.07) is 5.60. The molecule has 0 atom stereocenters. The first-order chi connectivity index (χ1) is 18.7. The SMILES string of the molecule is CCCCCCCCCC1=NC2(CCN(S(=O)(=O)CCc3ccc(C(=O)N4CCCC4)cc3C)CC2)C(=O)N1. The molecule has 3 heterocycles. The standard InChI is InChI=1S/C30H46N4O4S/c1-3-4-5-6-7-8-9-12-27-31-29(36)30(32-27)16-20-34(21-17-30)39(37,38)22-15-25-13-14-26(23-24(25)2)28(35)33-18-10-11-19-33/h13-14,23H,3-12,15-22H2,1-2H3,(H,31,32,36). The topological polar surface area (TPSA) is 99.2 Å². The van der Waals surface area contributed by atoms with Gasteiger partial charge in [0.25, 0.3) is 11.8 Å². The zero-order valence-corrected chi connectivity index (χ0v) is 24.7. The smallest absolute Gasteiger partial charge is 0.253 e. The van der Waals surface area contributed by atoms with E-state index in [0.29, 0.717) is 37.9 Å². The lowest BCUT2D eigenvalue weighted by atomic mass is 9.89. The van der Waals surface area contributed by atoms with E-state index in [0.717, 1.165) is 62.2 Å². The third kappa shape index (κ3) is 7.48. The van der Waals surface area contributed by atoms with Gasteiger partial charge in [-0.2, -0.15) is 0 Å². The summed E-state index contributed by atoms with van der Waals surface area (Å²) in [6.07, 6.45) is 12.6. The molecule has 1 aromatic rings. The summed E-state index contributed by atoms with van der Waals surface area (Å²) >= 11 is 0. The lowest BCUT2D eigenvalue weighted by Crippen LogP contribution is -2.50. The van der Waals surface area contributed by atoms with E-state index < -0.39 is 15.6 Å². The van der Waals surface area contributed by atoms with E-state index in [1.165, 1.54) is 36.4 Å². The van der Waals surface area contributed by atoms with E-state index in [1.807, 2.05) is 30.0 Å². The lowest BCUT2D eigenvalue weighted by Gasteiger charge is -2.34. The summed E-state index contributed by atoms with van der Waals surface area (Å²) in [5.74, 6) is 0.768. The van der Waals surface area contributed by atoms with Crippen LogP contribution in [0, 0.1) is 6.92 Å². The van der Waals surface area contributed by atoms with Crippen LogP contribution in [-0.2, 0) is 21.2 Å². The molecule has 2 fully saturated rings. The fourth-order valence-corrected chi connectivity index (χ4v) is 7.48. The molecule has 0 radical (unpaired) electrons. The molecule has 2 amide bonds. The number of nitrogens with zero attached hydrogens (tertiary/aromatic N) is 3. The van der Waals surface area contributed by atoms with Crippen LogP contribution in [0.4, 0.5) is 0 Å². The molecular weight excluding hydrogens is 512 g/mol. The highest BCUT2D eigenvalue weighted by atomic mass is 32.2. The second kappa shape index (κ2) is 13.4. The molecule has 0 aliphatic carbocycles. The molecular formula is C30H46N4O4S. The molecule has 3 aliphatic rings. The number of aryl methyl sites for hydroxylation is 2. The molecule has 4 rings (SSSR count). The van der Waals surface area contributed by atoms with Gasteiger partial charge in [0.2, 0.25) is 10.0 Å². The molecule has 0 bridgehead atoms. The van der Waals surface area contributed by atoms with Gasteiger partial charge in [0.1, 0.15) is 11.4 Å². The number of amides is 2. The first-order valence-electron chi connectivity index (χ1n) is 15.0. The number of likely N-dealkylation sites (tertiary alicyclic amines) is 1. The zero-order chi connectivity index (χ0) is 27.9. The number of sulfonamides is 1. The van der Waals surface area contributed by atoms with Crippen molar-refractivity contribution >= 4 is 27.7 Å². The highest BCUT2D eigenvalue weighted by Crippen LogP contribution is 2.32. The van der Waals surface area contributed by atoms with Crippen molar-refractivity contribution in [2.45, 2.75) is 103 Å². The number of carbonyl (C=O) groups excluding carboxylic acids is 2. The Hall–Kier alpha value is -2.26. The molecule has 216 valence electrons. The van der Waals surface area contributed by atoms with Gasteiger partial charge >= 0.3 is 0 Å². The van der Waals surface area contributed by atoms with Crippen LogP contribution in [0.2, 0.25) is 0 Å². The van der Waals surface area contributed by atoms with Crippen LogP contribution in [-0.4, -0.2) is 72.7 Å². The molecule has 8 nitrogen and oxygen atoms in total. The predicted molar refractivity (Wildman–Crippen MR) is 156 cm³/mol. The number of rotatable bonds is 13. The Morgan fingerprint density at radius 2 is 1.64 bits per heavy atom. The van der Waals surface area contributed by atoms with Gasteiger partial charge in [-0.1, -0.05) is 51.5 Å². The van der Waals surface area contributed by atoms with Crippen molar-refractivity contribution < 1.29 is 18.0 Å². The largest absolute Gasteiger partial charge is 0.339 e. The van der Waals surface area contributed by atoms with Crippen LogP contribution in [0.5, 0.6) is 0 Å². The third-order valence-electron chi connectivity index (χ3n) is 8.60. The number of hydrogen-bond acceptors (Lipinski definition) is 5. The van der Waals surface area contributed by atoms with Gasteiger partial charge in [0.15, 0.2) is 0 Å². The molecule has 39 heavy (non-hydrogen) atoms. The molecule has 9 heteroatoms. The van der Waals surface area contributed by atoms with Crippen LogP contribution in [0.15, 0.2) is 23.2 Å². The normalized spacial score (nSPS) is 19.5. The summed E-state index contributed by atoms with van der Waals surface area (Å²) in [6.45, 7) is 6.40. The second-order valence-corrected chi connectivity index (χ2v) is 13.6. The Labute approximate surface area is 234 Å². The van der Waals surface area contributed by atoms with Gasteiger partial charge in [0.05, 0.1) is 5.75 Å². The van der Waals surface area contributed by atoms with Crippen LogP contribution in [0.1, 0.15) is 105 Å². The average molecular weight is 559 g/mol. The minimum absolute atomic E-state index is 0.0131. The molecule has 2 saturated heterocycles. The number of benzene rings is 1. The highest BCUT2D eigenvalue weighted by molar-refractivity contribution is 7.89. The summed E-state index contributed by atoms with van der Waals surface area (Å²) in [5, 5.41) is 2.98. The third-order valence-corrected chi connectivity index (χ3v) is 10.5. The fraction of sp³-hybridized carbons (Fsp3) is 0.700. The molecule has 1 aromatic carbocycles. The quantitative estimate of drug-likeness (QED) is 0.358. The molecule has 3 aliphatic heterocycles. The number of carbonyl (C=O) groups is 2. The van der Waals surface area contributed by atoms with Crippen molar-refractivity contribution in [3.8, 4) is 0 Å². The number of amidine groups is 1. The van der Waals surface area contributed by atoms with Crippen molar-refractivity contribution in [2.75, 3.05) is 31.9 Å². The molecule has 0 aromatic heterocycles. The molecule has 0 saturated carbocycles. The van der Waals surface area contributed by atoms with Crippen LogP contribution in [0.25, 0.3) is 0 Å². The molecule has 1 spiro atoms. The van der Waals surface area contributed by atoms with E-state index in [2.05, 4.69) is 12.2 Å². The van der Waals surface area contributed by atoms with Crippen molar-refractivity contribution in [3.05, 3.63) is 34.9 Å². The van der Waals surface area contributed by atoms with E-state index in [1.54, 1.807) is 0 Å². The van der Waals surface area contributed by atoms with Crippen molar-refractivity contribution in [2.24, 2.45) is 4.99 Å². The Kier molecular flexibility index (Phi) is 10.2. The summed E-state index contributed by atoms with van der Waals surface area (Å²) in [5.41, 5.74) is 1.75. The minimum atomic E-state index is -3.46. The van der Waals surface area contributed by atoms with Gasteiger partial charge in [-0.3, -0.25) is 14.6 Å². The maximum atomic E-state index is 13.2. The Bertz CT molecular complexity index is 1150. The predicted octanol–water partition coefficient (Wildman–Crippen LogP) is 4.61. The first kappa shape index (κ1) is 29.7. The van der Waals surface area contributed by atoms with Gasteiger partial charge in [-0.15, -0.1) is 0 Å². The molecule has 1 N–H and O–H groups in total. The second-order valence-electron chi connectivity index (χ2n) is 11.5. The average Bonchev–Trinajstić information content (AvgIpc) is 3.56. The Morgan fingerprint density at radius 3 is 2.31 bits per heavy atom. The number of nitrogens with one attached hydrogen (secondary N) is 1. The van der Waals surface area contributed by atoms with Crippen LogP contribution >= 0.6 is 0 Å². The number of hydrogen-bond donors (Lipinski definition) is 1. The van der Waals surface area contributed by atoms with Gasteiger partial charge < -0.3 is 10.2 Å². The summed E-state index contributed by atoms with van der Waals surface area (Å²) < 4.78 is 27.9. The summed E-state index contributed by atoms with van der Waals surface area (Å²) in [4.78, 5) is 32.2. The van der Waals surface area contributed by atoms with Crippen LogP contribution in [0.3, 0.4) is 0 Å². The molecule has 0 unspecified atom stereocenters. The fourth-order valence-electron chi connectivity index (χ4n) is 6.01. The first-order valence-corrected chi connectivity index (χ1v) is 16.6. The van der Waals surface area contributed by atoms with Gasteiger partial charge in [-0.25, -0.2) is 12.7 Å². The van der Waals surface area contributed by atoms with Crippen molar-refractivity contribution in [1.82, 2.24) is 14.5 Å². The lowest BCUT2D eigenvalue weighted by molar-refractivity contribution is -0.124. The van der Waals surface area contributed by atoms with E-state index in [-0.39, 0.29) is 17.6 Å². The number of unbranched alkanes of at least 4 members (excludes halogenated alkanes) is 6. The van der Waals surface area contributed by atoms with Crippen LogP contribution < -0.4 is 5.32 Å². The number of aliphatic imine (C=N–C) groups is 1. The number of piperidine rings is 1. The highest BCUT2D eigenvalue weighted by Gasteiger charge is 2.47. The Balaban J connectivity index is 1.25. The van der Waals surface area contributed by atoms with Crippen molar-refractivity contribution in [1.29, 1.82) is 0 Å². The van der Waals surface area contributed by atoms with E-state index in [9.17, 15) is 18.0 Å². The maximum Gasteiger partial charge on any atom is 0.253 e. The maximum absolute atomic E-state index is 13.2. The van der Waals surface area contributed by atoms with Gasteiger partial charge in [0, 0.05) is 38.2 Å². The van der Waals surface area contributed by atoms with E-state index >= 15 is 0 Å². The van der Waals surface area contributed by atoms with Gasteiger partial charge in [-0.05, 0) is 68.7 Å².